The van der Waals surface area contributed by atoms with Gasteiger partial charge < -0.3 is 35.1 Å². The summed E-state index contributed by atoms with van der Waals surface area (Å²) in [6, 6.07) is 3.37. The first-order valence-electron chi connectivity index (χ1n) is 7.11. The minimum Gasteiger partial charge on any atom is -0.493 e. The van der Waals surface area contributed by atoms with E-state index in [1.54, 1.807) is 12.1 Å². The van der Waals surface area contributed by atoms with E-state index in [-0.39, 0.29) is 17.8 Å². The molecular formula is C16H20N2O6. The average molecular weight is 336 g/mol. The minimum absolute atomic E-state index is 0.0626. The standard InChI is InChI=1S/C16H20N2O6/c1-22-11-5-4-8(14(23-2)15(11)24-3)12-9(7-19)13(16(20)21)18-10(12)6-17/h4-5,18-19H,6-7,17H2,1-3H3,(H,20,21). The molecule has 0 saturated heterocycles. The van der Waals surface area contributed by atoms with Crippen LogP contribution in [0.1, 0.15) is 21.7 Å². The van der Waals surface area contributed by atoms with Gasteiger partial charge in [0.1, 0.15) is 5.69 Å². The third kappa shape index (κ3) is 2.77. The number of H-pyrrole nitrogens is 1. The first kappa shape index (κ1) is 17.6. The Balaban J connectivity index is 2.83. The SMILES string of the molecule is COc1ccc(-c2c(CN)[nH]c(C(=O)O)c2CO)c(OC)c1OC. The monoisotopic (exact) mass is 336 g/mol. The van der Waals surface area contributed by atoms with Gasteiger partial charge in [0.2, 0.25) is 5.75 Å². The van der Waals surface area contributed by atoms with Crippen molar-refractivity contribution in [2.75, 3.05) is 21.3 Å². The van der Waals surface area contributed by atoms with Gasteiger partial charge >= 0.3 is 5.97 Å². The maximum absolute atomic E-state index is 11.4. The van der Waals surface area contributed by atoms with Crippen LogP contribution in [0.25, 0.3) is 11.1 Å². The second-order valence-corrected chi connectivity index (χ2v) is 4.88. The van der Waals surface area contributed by atoms with Crippen LogP contribution in [-0.4, -0.2) is 42.5 Å². The zero-order chi connectivity index (χ0) is 17.9. The number of aromatic amines is 1. The van der Waals surface area contributed by atoms with Crippen LogP contribution in [0.4, 0.5) is 0 Å². The maximum atomic E-state index is 11.4. The van der Waals surface area contributed by atoms with Crippen molar-refractivity contribution >= 4 is 5.97 Å². The molecule has 24 heavy (non-hydrogen) atoms. The van der Waals surface area contributed by atoms with Crippen molar-refractivity contribution in [3.05, 3.63) is 29.1 Å². The van der Waals surface area contributed by atoms with Crippen LogP contribution in [0, 0.1) is 0 Å². The third-order valence-electron chi connectivity index (χ3n) is 3.73. The lowest BCUT2D eigenvalue weighted by Crippen LogP contribution is -2.02. The second-order valence-electron chi connectivity index (χ2n) is 4.88. The van der Waals surface area contributed by atoms with Crippen LogP contribution in [-0.2, 0) is 13.2 Å². The lowest BCUT2D eigenvalue weighted by atomic mass is 9.98. The Morgan fingerprint density at radius 3 is 2.29 bits per heavy atom. The highest BCUT2D eigenvalue weighted by atomic mass is 16.5. The van der Waals surface area contributed by atoms with E-state index >= 15 is 0 Å². The Kier molecular flexibility index (Phi) is 5.32. The van der Waals surface area contributed by atoms with Gasteiger partial charge in [-0.05, 0) is 12.1 Å². The van der Waals surface area contributed by atoms with Crippen molar-refractivity contribution in [2.45, 2.75) is 13.2 Å². The molecule has 2 rings (SSSR count). The van der Waals surface area contributed by atoms with Gasteiger partial charge in [-0.1, -0.05) is 0 Å². The van der Waals surface area contributed by atoms with Crippen LogP contribution < -0.4 is 19.9 Å². The number of aromatic carboxylic acids is 1. The summed E-state index contributed by atoms with van der Waals surface area (Å²) in [5.41, 5.74) is 7.36. The topological polar surface area (TPSA) is 127 Å². The summed E-state index contributed by atoms with van der Waals surface area (Å²) in [7, 11) is 4.44. The highest BCUT2D eigenvalue weighted by molar-refractivity contribution is 5.93. The first-order chi connectivity index (χ1) is 11.5. The Bertz CT molecular complexity index is 754. The van der Waals surface area contributed by atoms with E-state index in [9.17, 15) is 15.0 Å². The van der Waals surface area contributed by atoms with E-state index in [0.717, 1.165) is 0 Å². The molecule has 0 amide bonds. The van der Waals surface area contributed by atoms with Gasteiger partial charge in [0, 0.05) is 28.9 Å². The van der Waals surface area contributed by atoms with Crippen molar-refractivity contribution in [3.8, 4) is 28.4 Å². The van der Waals surface area contributed by atoms with E-state index in [1.807, 2.05) is 0 Å². The summed E-state index contributed by atoms with van der Waals surface area (Å²) in [5, 5.41) is 19.0. The van der Waals surface area contributed by atoms with Crippen LogP contribution in [0.15, 0.2) is 12.1 Å². The number of nitrogens with two attached hydrogens (primary N) is 1. The van der Waals surface area contributed by atoms with E-state index in [2.05, 4.69) is 4.98 Å². The lowest BCUT2D eigenvalue weighted by molar-refractivity contribution is 0.0687. The molecule has 0 atom stereocenters. The van der Waals surface area contributed by atoms with E-state index in [4.69, 9.17) is 19.9 Å². The summed E-state index contributed by atoms with van der Waals surface area (Å²) < 4.78 is 16.0. The number of methoxy groups -OCH3 is 3. The fourth-order valence-electron chi connectivity index (χ4n) is 2.71. The largest absolute Gasteiger partial charge is 0.493 e. The molecule has 0 aliphatic rings. The molecule has 130 valence electrons. The second kappa shape index (κ2) is 7.24. The molecule has 0 radical (unpaired) electrons. The predicted octanol–water partition coefficient (Wildman–Crippen LogP) is 1.36. The number of benzene rings is 1. The number of hydrogen-bond acceptors (Lipinski definition) is 6. The summed E-state index contributed by atoms with van der Waals surface area (Å²) in [6.07, 6.45) is 0. The highest BCUT2D eigenvalue weighted by Crippen LogP contribution is 2.46. The van der Waals surface area contributed by atoms with Crippen molar-refractivity contribution in [1.29, 1.82) is 0 Å². The van der Waals surface area contributed by atoms with Gasteiger partial charge in [-0.2, -0.15) is 0 Å². The maximum Gasteiger partial charge on any atom is 0.352 e. The Morgan fingerprint density at radius 2 is 1.83 bits per heavy atom. The number of hydrogen-bond donors (Lipinski definition) is 4. The van der Waals surface area contributed by atoms with Crippen molar-refractivity contribution < 1.29 is 29.2 Å². The van der Waals surface area contributed by atoms with Crippen LogP contribution in [0.5, 0.6) is 17.2 Å². The molecular weight excluding hydrogens is 316 g/mol. The number of carboxylic acids is 1. The lowest BCUT2D eigenvalue weighted by Gasteiger charge is -2.17. The molecule has 0 spiro atoms. The van der Waals surface area contributed by atoms with Crippen molar-refractivity contribution in [1.82, 2.24) is 4.98 Å². The molecule has 2 aromatic rings. The molecule has 0 aliphatic heterocycles. The number of rotatable bonds is 7. The first-order valence-corrected chi connectivity index (χ1v) is 7.11. The molecule has 5 N–H and O–H groups in total. The average Bonchev–Trinajstić information content (AvgIpc) is 2.98. The molecule has 8 nitrogen and oxygen atoms in total. The van der Waals surface area contributed by atoms with Gasteiger partial charge in [0.05, 0.1) is 27.9 Å². The quantitative estimate of drug-likeness (QED) is 0.601. The summed E-state index contributed by atoms with van der Waals surface area (Å²) in [5.74, 6) is 0.00556. The molecule has 0 unspecified atom stereocenters. The Morgan fingerprint density at radius 1 is 1.17 bits per heavy atom. The number of ether oxygens (including phenoxy) is 3. The van der Waals surface area contributed by atoms with E-state index < -0.39 is 12.6 Å². The number of aliphatic hydroxyl groups excluding tert-OH is 1. The number of carbonyl (C=O) groups is 1. The van der Waals surface area contributed by atoms with Crippen LogP contribution >= 0.6 is 0 Å². The third-order valence-corrected chi connectivity index (χ3v) is 3.73. The molecule has 0 bridgehead atoms. The number of nitrogens with one attached hydrogen (secondary N) is 1. The summed E-state index contributed by atoms with van der Waals surface area (Å²) >= 11 is 0. The Labute approximate surface area is 138 Å². The fraction of sp³-hybridized carbons (Fsp3) is 0.312. The normalized spacial score (nSPS) is 10.5. The predicted molar refractivity (Wildman–Crippen MR) is 86.7 cm³/mol. The summed E-state index contributed by atoms with van der Waals surface area (Å²) in [6.45, 7) is -0.405. The van der Waals surface area contributed by atoms with Gasteiger partial charge in [-0.3, -0.25) is 0 Å². The molecule has 0 fully saturated rings. The number of aromatic nitrogens is 1. The van der Waals surface area contributed by atoms with Crippen molar-refractivity contribution in [2.24, 2.45) is 5.73 Å². The Hall–Kier alpha value is -2.71. The van der Waals surface area contributed by atoms with Gasteiger partial charge in [0.25, 0.3) is 0 Å². The van der Waals surface area contributed by atoms with E-state index in [1.165, 1.54) is 21.3 Å². The molecule has 1 heterocycles. The van der Waals surface area contributed by atoms with E-state index in [0.29, 0.717) is 34.1 Å². The number of carboxylic acid groups (broad SMARTS) is 1. The van der Waals surface area contributed by atoms with Crippen LogP contribution in [0.2, 0.25) is 0 Å². The summed E-state index contributed by atoms with van der Waals surface area (Å²) in [4.78, 5) is 14.2. The smallest absolute Gasteiger partial charge is 0.352 e. The molecule has 1 aromatic heterocycles. The zero-order valence-electron chi connectivity index (χ0n) is 13.7. The molecule has 0 aliphatic carbocycles. The number of aliphatic hydroxyl groups is 1. The molecule has 8 heteroatoms. The molecule has 1 aromatic carbocycles. The zero-order valence-corrected chi connectivity index (χ0v) is 13.7. The minimum atomic E-state index is -1.18. The van der Waals surface area contributed by atoms with Crippen LogP contribution in [0.3, 0.4) is 0 Å². The van der Waals surface area contributed by atoms with Gasteiger partial charge in [-0.25, -0.2) is 4.79 Å². The fourth-order valence-corrected chi connectivity index (χ4v) is 2.71. The van der Waals surface area contributed by atoms with Gasteiger partial charge in [0.15, 0.2) is 11.5 Å². The molecule has 0 saturated carbocycles. The highest BCUT2D eigenvalue weighted by Gasteiger charge is 2.26. The van der Waals surface area contributed by atoms with Gasteiger partial charge in [-0.15, -0.1) is 0 Å². The van der Waals surface area contributed by atoms with Crippen molar-refractivity contribution in [3.63, 3.8) is 0 Å².